The van der Waals surface area contributed by atoms with Crippen molar-refractivity contribution >= 4 is 23.4 Å². The molecule has 1 saturated heterocycles. The highest BCUT2D eigenvalue weighted by atomic mass is 35.5. The Hall–Kier alpha value is -1.55. The summed E-state index contributed by atoms with van der Waals surface area (Å²) in [6.07, 6.45) is 2.88. The van der Waals surface area contributed by atoms with Gasteiger partial charge in [0.25, 0.3) is 0 Å². The Morgan fingerprint density at radius 2 is 2.00 bits per heavy atom. The molecule has 1 aliphatic heterocycles. The van der Waals surface area contributed by atoms with Gasteiger partial charge in [-0.15, -0.1) is 0 Å². The third kappa shape index (κ3) is 2.45. The molecule has 2 aliphatic rings. The lowest BCUT2D eigenvalue weighted by Crippen LogP contribution is -2.46. The number of hydrogen-bond donors (Lipinski definition) is 2. The molecule has 19 heavy (non-hydrogen) atoms. The first kappa shape index (κ1) is 12.5. The Morgan fingerprint density at radius 3 is 2.53 bits per heavy atom. The van der Waals surface area contributed by atoms with Crippen molar-refractivity contribution in [3.63, 3.8) is 0 Å². The van der Waals surface area contributed by atoms with Gasteiger partial charge in [-0.05, 0) is 37.0 Å². The van der Waals surface area contributed by atoms with Crippen LogP contribution in [0.5, 0.6) is 0 Å². The van der Waals surface area contributed by atoms with Crippen LogP contribution in [0.15, 0.2) is 24.3 Å². The molecule has 1 heterocycles. The molecule has 0 bridgehead atoms. The highest BCUT2D eigenvalue weighted by Crippen LogP contribution is 2.45. The Bertz CT molecular complexity index is 523. The Morgan fingerprint density at radius 1 is 1.32 bits per heavy atom. The van der Waals surface area contributed by atoms with Gasteiger partial charge in [-0.3, -0.25) is 9.59 Å². The van der Waals surface area contributed by atoms with Crippen LogP contribution in [0, 0.1) is 0 Å². The molecule has 0 unspecified atom stereocenters. The minimum absolute atomic E-state index is 0.0449. The van der Waals surface area contributed by atoms with Gasteiger partial charge in [0.05, 0.1) is 5.54 Å². The maximum Gasteiger partial charge on any atom is 0.243 e. The number of carbonyl (C=O) groups excluding carboxylic acids is 2. The second-order valence-electron chi connectivity index (χ2n) is 5.24. The predicted molar refractivity (Wildman–Crippen MR) is 71.7 cm³/mol. The van der Waals surface area contributed by atoms with Gasteiger partial charge in [-0.25, -0.2) is 0 Å². The molecule has 1 saturated carbocycles. The monoisotopic (exact) mass is 278 g/mol. The van der Waals surface area contributed by atoms with Crippen LogP contribution in [0.4, 0.5) is 0 Å². The fourth-order valence-corrected chi connectivity index (χ4v) is 2.64. The lowest BCUT2D eigenvalue weighted by atomic mass is 10.0. The van der Waals surface area contributed by atoms with Gasteiger partial charge < -0.3 is 10.6 Å². The van der Waals surface area contributed by atoms with E-state index in [-0.39, 0.29) is 23.4 Å². The SMILES string of the molecule is O=C1CC[C@H](C(=O)NC2(c3ccc(Cl)cc3)CC2)N1. The van der Waals surface area contributed by atoms with Gasteiger partial charge in [-0.2, -0.15) is 0 Å². The summed E-state index contributed by atoms with van der Waals surface area (Å²) in [5.74, 6) is -0.130. The lowest BCUT2D eigenvalue weighted by molar-refractivity contribution is -0.126. The molecule has 3 rings (SSSR count). The second kappa shape index (κ2) is 4.53. The number of rotatable bonds is 3. The molecule has 2 fully saturated rings. The van der Waals surface area contributed by atoms with E-state index in [1.165, 1.54) is 0 Å². The van der Waals surface area contributed by atoms with Gasteiger partial charge in [0, 0.05) is 11.4 Å². The van der Waals surface area contributed by atoms with Gasteiger partial charge in [0.1, 0.15) is 6.04 Å². The van der Waals surface area contributed by atoms with Crippen LogP contribution >= 0.6 is 11.6 Å². The molecule has 4 nitrogen and oxygen atoms in total. The molecule has 1 aromatic rings. The largest absolute Gasteiger partial charge is 0.345 e. The molecule has 5 heteroatoms. The van der Waals surface area contributed by atoms with Crippen molar-refractivity contribution < 1.29 is 9.59 Å². The van der Waals surface area contributed by atoms with Crippen LogP contribution in [-0.2, 0) is 15.1 Å². The van der Waals surface area contributed by atoms with E-state index in [2.05, 4.69) is 10.6 Å². The predicted octanol–water partition coefficient (Wildman–Crippen LogP) is 1.72. The molecular weight excluding hydrogens is 264 g/mol. The molecule has 2 N–H and O–H groups in total. The number of carbonyl (C=O) groups is 2. The minimum Gasteiger partial charge on any atom is -0.345 e. The molecule has 0 spiro atoms. The normalized spacial score (nSPS) is 23.8. The topological polar surface area (TPSA) is 58.2 Å². The zero-order valence-corrected chi connectivity index (χ0v) is 11.2. The van der Waals surface area contributed by atoms with Crippen LogP contribution in [-0.4, -0.2) is 17.9 Å². The van der Waals surface area contributed by atoms with Gasteiger partial charge >= 0.3 is 0 Å². The van der Waals surface area contributed by atoms with Gasteiger partial charge in [-0.1, -0.05) is 23.7 Å². The molecule has 0 aromatic heterocycles. The zero-order chi connectivity index (χ0) is 13.5. The maximum absolute atomic E-state index is 12.1. The lowest BCUT2D eigenvalue weighted by Gasteiger charge is -2.20. The smallest absolute Gasteiger partial charge is 0.243 e. The summed E-state index contributed by atoms with van der Waals surface area (Å²) < 4.78 is 0. The fourth-order valence-electron chi connectivity index (χ4n) is 2.51. The van der Waals surface area contributed by atoms with Crippen molar-refractivity contribution in [3.8, 4) is 0 Å². The van der Waals surface area contributed by atoms with Crippen molar-refractivity contribution in [2.45, 2.75) is 37.3 Å². The van der Waals surface area contributed by atoms with E-state index in [1.807, 2.05) is 24.3 Å². The third-order valence-corrected chi connectivity index (χ3v) is 4.07. The molecule has 1 atom stereocenters. The number of nitrogens with one attached hydrogen (secondary N) is 2. The summed E-state index contributed by atoms with van der Waals surface area (Å²) in [4.78, 5) is 23.3. The fraction of sp³-hybridized carbons (Fsp3) is 0.429. The van der Waals surface area contributed by atoms with Crippen LogP contribution in [0.2, 0.25) is 5.02 Å². The number of halogens is 1. The molecule has 1 aromatic carbocycles. The average Bonchev–Trinajstić information content (AvgIpc) is 3.03. The summed E-state index contributed by atoms with van der Waals surface area (Å²) >= 11 is 5.87. The van der Waals surface area contributed by atoms with Crippen molar-refractivity contribution in [1.82, 2.24) is 10.6 Å². The summed E-state index contributed by atoms with van der Waals surface area (Å²) in [6, 6.07) is 7.18. The summed E-state index contributed by atoms with van der Waals surface area (Å²) in [5.41, 5.74) is 0.823. The van der Waals surface area contributed by atoms with Crippen LogP contribution in [0.3, 0.4) is 0 Å². The van der Waals surface area contributed by atoms with E-state index < -0.39 is 0 Å². The molecule has 0 radical (unpaired) electrons. The van der Waals surface area contributed by atoms with E-state index >= 15 is 0 Å². The Labute approximate surface area is 116 Å². The van der Waals surface area contributed by atoms with E-state index in [0.717, 1.165) is 18.4 Å². The summed E-state index contributed by atoms with van der Waals surface area (Å²) in [7, 11) is 0. The van der Waals surface area contributed by atoms with Gasteiger partial charge in [0.2, 0.25) is 11.8 Å². The van der Waals surface area contributed by atoms with Crippen molar-refractivity contribution in [1.29, 1.82) is 0 Å². The van der Waals surface area contributed by atoms with Crippen molar-refractivity contribution in [2.75, 3.05) is 0 Å². The highest BCUT2D eigenvalue weighted by Gasteiger charge is 2.46. The Kier molecular flexibility index (Phi) is 2.97. The first-order valence-electron chi connectivity index (χ1n) is 6.46. The first-order chi connectivity index (χ1) is 9.09. The number of amides is 2. The molecule has 1 aliphatic carbocycles. The molecule has 2 amide bonds. The van der Waals surface area contributed by atoms with E-state index in [9.17, 15) is 9.59 Å². The summed E-state index contributed by atoms with van der Waals surface area (Å²) in [6.45, 7) is 0. The van der Waals surface area contributed by atoms with Crippen molar-refractivity contribution in [3.05, 3.63) is 34.9 Å². The van der Waals surface area contributed by atoms with E-state index in [4.69, 9.17) is 11.6 Å². The second-order valence-corrected chi connectivity index (χ2v) is 5.67. The van der Waals surface area contributed by atoms with E-state index in [0.29, 0.717) is 17.9 Å². The van der Waals surface area contributed by atoms with Crippen LogP contribution in [0.25, 0.3) is 0 Å². The highest BCUT2D eigenvalue weighted by molar-refractivity contribution is 6.30. The molecule has 100 valence electrons. The summed E-state index contributed by atoms with van der Waals surface area (Å²) in [5, 5.41) is 6.45. The number of benzene rings is 1. The quantitative estimate of drug-likeness (QED) is 0.885. The minimum atomic E-state index is -0.378. The zero-order valence-electron chi connectivity index (χ0n) is 10.4. The van der Waals surface area contributed by atoms with Gasteiger partial charge in [0.15, 0.2) is 0 Å². The maximum atomic E-state index is 12.1. The van der Waals surface area contributed by atoms with Crippen molar-refractivity contribution in [2.24, 2.45) is 0 Å². The first-order valence-corrected chi connectivity index (χ1v) is 6.84. The van der Waals surface area contributed by atoms with E-state index in [1.54, 1.807) is 0 Å². The van der Waals surface area contributed by atoms with Crippen LogP contribution < -0.4 is 10.6 Å². The standard InChI is InChI=1S/C14H15ClN2O2/c15-10-3-1-9(2-4-10)14(7-8-14)17-13(19)11-5-6-12(18)16-11/h1-4,11H,5-8H2,(H,16,18)(H,17,19)/t11-/m1/s1. The molecular formula is C14H15ClN2O2. The average molecular weight is 279 g/mol. The third-order valence-electron chi connectivity index (χ3n) is 3.82. The Balaban J connectivity index is 1.70. The number of hydrogen-bond acceptors (Lipinski definition) is 2. The van der Waals surface area contributed by atoms with Crippen LogP contribution in [0.1, 0.15) is 31.2 Å².